The third-order valence-electron chi connectivity index (χ3n) is 5.59. The second-order valence-corrected chi connectivity index (χ2v) is 7.82. The van der Waals surface area contributed by atoms with E-state index in [4.69, 9.17) is 18.9 Å². The molecule has 1 N–H and O–H groups in total. The lowest BCUT2D eigenvalue weighted by Crippen LogP contribution is -2.53. The molecule has 0 radical (unpaired) electrons. The minimum Gasteiger partial charge on any atom is -0.494 e. The molecule has 9 heteroatoms. The highest BCUT2D eigenvalue weighted by molar-refractivity contribution is 14.0. The van der Waals surface area contributed by atoms with Crippen molar-refractivity contribution < 1.29 is 18.9 Å². The number of pyridine rings is 1. The molecule has 4 rings (SSSR count). The number of hydrogen-bond acceptors (Lipinski definition) is 6. The molecule has 2 atom stereocenters. The van der Waals surface area contributed by atoms with Crippen molar-refractivity contribution in [2.45, 2.75) is 38.5 Å². The highest BCUT2D eigenvalue weighted by Crippen LogP contribution is 2.23. The van der Waals surface area contributed by atoms with Crippen molar-refractivity contribution in [2.75, 3.05) is 40.0 Å². The number of hydrogen-bond donors (Lipinski definition) is 1. The number of guanidine groups is 1. The zero-order valence-corrected chi connectivity index (χ0v) is 21.6. The number of rotatable bonds is 7. The van der Waals surface area contributed by atoms with E-state index in [-0.39, 0.29) is 36.2 Å². The Morgan fingerprint density at radius 2 is 1.94 bits per heavy atom. The van der Waals surface area contributed by atoms with Crippen LogP contribution >= 0.6 is 24.0 Å². The summed E-state index contributed by atoms with van der Waals surface area (Å²) in [5.41, 5.74) is 1.06. The molecule has 180 valence electrons. The molecular formula is C24H33IN4O4. The summed E-state index contributed by atoms with van der Waals surface area (Å²) in [6.45, 7) is 6.33. The molecule has 0 bridgehead atoms. The Balaban J connectivity index is 0.00000306. The standard InChI is InChI=1S/C24H32N4O4.HI/c1-3-29-19-6-8-20(9-7-19)32-23-15-18(10-11-26-23)16-27-24(25-2)28-12-14-31-22(17-28)21-5-4-13-30-21;/h6-11,15,21-22H,3-5,12-14,16-17H2,1-2H3,(H,25,27);1H. The Bertz CT molecular complexity index is 890. The summed E-state index contributed by atoms with van der Waals surface area (Å²) in [4.78, 5) is 11.1. The van der Waals surface area contributed by atoms with E-state index in [2.05, 4.69) is 20.2 Å². The maximum Gasteiger partial charge on any atom is 0.219 e. The quantitative estimate of drug-likeness (QED) is 0.309. The van der Waals surface area contributed by atoms with Crippen LogP contribution in [0.5, 0.6) is 17.4 Å². The fraction of sp³-hybridized carbons (Fsp3) is 0.500. The summed E-state index contributed by atoms with van der Waals surface area (Å²) in [6.07, 6.45) is 4.23. The third kappa shape index (κ3) is 7.18. The number of nitrogens with one attached hydrogen (secondary N) is 1. The maximum atomic E-state index is 5.96. The topological polar surface area (TPSA) is 77.4 Å². The van der Waals surface area contributed by atoms with E-state index in [1.807, 2.05) is 50.4 Å². The number of ether oxygens (including phenoxy) is 4. The van der Waals surface area contributed by atoms with Crippen molar-refractivity contribution in [1.82, 2.24) is 15.2 Å². The Morgan fingerprint density at radius 3 is 2.67 bits per heavy atom. The van der Waals surface area contributed by atoms with E-state index in [1.54, 1.807) is 6.20 Å². The van der Waals surface area contributed by atoms with Crippen LogP contribution < -0.4 is 14.8 Å². The number of aromatic nitrogens is 1. The maximum absolute atomic E-state index is 5.96. The minimum absolute atomic E-state index is 0. The van der Waals surface area contributed by atoms with Crippen molar-refractivity contribution in [3.63, 3.8) is 0 Å². The van der Waals surface area contributed by atoms with Gasteiger partial charge in [0.25, 0.3) is 0 Å². The van der Waals surface area contributed by atoms with Gasteiger partial charge in [-0.25, -0.2) is 4.98 Å². The second kappa shape index (κ2) is 13.0. The van der Waals surface area contributed by atoms with Crippen LogP contribution in [0.1, 0.15) is 25.3 Å². The highest BCUT2D eigenvalue weighted by Gasteiger charge is 2.32. The first kappa shape index (κ1) is 25.5. The summed E-state index contributed by atoms with van der Waals surface area (Å²) in [6, 6.07) is 11.4. The first-order chi connectivity index (χ1) is 15.7. The molecule has 3 heterocycles. The summed E-state index contributed by atoms with van der Waals surface area (Å²) < 4.78 is 23.2. The van der Waals surface area contributed by atoms with Crippen LogP contribution in [0, 0.1) is 0 Å². The zero-order valence-electron chi connectivity index (χ0n) is 19.2. The second-order valence-electron chi connectivity index (χ2n) is 7.82. The number of morpholine rings is 1. The van der Waals surface area contributed by atoms with Crippen LogP contribution in [0.2, 0.25) is 0 Å². The van der Waals surface area contributed by atoms with Crippen molar-refractivity contribution in [1.29, 1.82) is 0 Å². The number of benzene rings is 1. The van der Waals surface area contributed by atoms with Gasteiger partial charge in [-0.3, -0.25) is 4.99 Å². The SMILES string of the molecule is CCOc1ccc(Oc2cc(CNC(=NC)N3CCOC(C4CCCO4)C3)ccn2)cc1.I. The number of aliphatic imine (C=N–C) groups is 1. The molecule has 0 saturated carbocycles. The van der Waals surface area contributed by atoms with Gasteiger partial charge >= 0.3 is 0 Å². The molecule has 2 saturated heterocycles. The lowest BCUT2D eigenvalue weighted by molar-refractivity contribution is -0.0817. The van der Waals surface area contributed by atoms with Crippen LogP contribution in [0.3, 0.4) is 0 Å². The van der Waals surface area contributed by atoms with E-state index in [0.29, 0.717) is 25.6 Å². The molecule has 0 amide bonds. The lowest BCUT2D eigenvalue weighted by atomic mass is 10.1. The van der Waals surface area contributed by atoms with Gasteiger partial charge in [-0.05, 0) is 55.7 Å². The van der Waals surface area contributed by atoms with Crippen molar-refractivity contribution in [3.8, 4) is 17.4 Å². The molecule has 2 aliphatic heterocycles. The molecule has 0 aliphatic carbocycles. The van der Waals surface area contributed by atoms with Crippen LogP contribution in [-0.4, -0.2) is 68.0 Å². The fourth-order valence-corrected chi connectivity index (χ4v) is 4.01. The fourth-order valence-electron chi connectivity index (χ4n) is 4.01. The van der Waals surface area contributed by atoms with E-state index in [0.717, 1.165) is 55.6 Å². The normalized spacial score (nSPS) is 20.8. The Kier molecular flexibility index (Phi) is 10.0. The molecule has 0 spiro atoms. The molecule has 2 unspecified atom stereocenters. The van der Waals surface area contributed by atoms with E-state index < -0.39 is 0 Å². The number of halogens is 1. The van der Waals surface area contributed by atoms with Crippen molar-refractivity contribution >= 4 is 29.9 Å². The van der Waals surface area contributed by atoms with Gasteiger partial charge in [0.2, 0.25) is 5.88 Å². The first-order valence-electron chi connectivity index (χ1n) is 11.3. The molecule has 2 aromatic rings. The van der Waals surface area contributed by atoms with Crippen LogP contribution in [0.4, 0.5) is 0 Å². The smallest absolute Gasteiger partial charge is 0.219 e. The molecule has 1 aromatic heterocycles. The summed E-state index contributed by atoms with van der Waals surface area (Å²) in [7, 11) is 1.81. The van der Waals surface area contributed by atoms with Gasteiger partial charge in [0.1, 0.15) is 17.6 Å². The third-order valence-corrected chi connectivity index (χ3v) is 5.59. The van der Waals surface area contributed by atoms with E-state index >= 15 is 0 Å². The van der Waals surface area contributed by atoms with Gasteiger partial charge in [-0.2, -0.15) is 0 Å². The zero-order chi connectivity index (χ0) is 22.2. The largest absolute Gasteiger partial charge is 0.494 e. The van der Waals surface area contributed by atoms with Crippen LogP contribution in [0.25, 0.3) is 0 Å². The van der Waals surface area contributed by atoms with E-state index in [1.165, 1.54) is 0 Å². The van der Waals surface area contributed by atoms with Crippen molar-refractivity contribution in [2.24, 2.45) is 4.99 Å². The molecule has 33 heavy (non-hydrogen) atoms. The molecule has 2 aliphatic rings. The Morgan fingerprint density at radius 1 is 1.15 bits per heavy atom. The first-order valence-corrected chi connectivity index (χ1v) is 11.3. The average Bonchev–Trinajstić information content (AvgIpc) is 3.37. The average molecular weight is 568 g/mol. The highest BCUT2D eigenvalue weighted by atomic mass is 127. The van der Waals surface area contributed by atoms with E-state index in [9.17, 15) is 0 Å². The number of nitrogens with zero attached hydrogens (tertiary/aromatic N) is 3. The molecule has 2 fully saturated rings. The summed E-state index contributed by atoms with van der Waals surface area (Å²) in [5, 5.41) is 3.46. The minimum atomic E-state index is 0. The van der Waals surface area contributed by atoms with Gasteiger partial charge in [-0.15, -0.1) is 24.0 Å². The van der Waals surface area contributed by atoms with Crippen LogP contribution in [-0.2, 0) is 16.0 Å². The Hall–Kier alpha value is -2.11. The molecule has 8 nitrogen and oxygen atoms in total. The lowest BCUT2D eigenvalue weighted by Gasteiger charge is -2.37. The van der Waals surface area contributed by atoms with Gasteiger partial charge in [0.15, 0.2) is 5.96 Å². The molecule has 1 aromatic carbocycles. The molecular weight excluding hydrogens is 535 g/mol. The monoisotopic (exact) mass is 568 g/mol. The van der Waals surface area contributed by atoms with Gasteiger partial charge in [0, 0.05) is 45.6 Å². The Labute approximate surface area is 212 Å². The summed E-state index contributed by atoms with van der Waals surface area (Å²) >= 11 is 0. The predicted octanol–water partition coefficient (Wildman–Crippen LogP) is 3.85. The van der Waals surface area contributed by atoms with Gasteiger partial charge in [0.05, 0.1) is 19.3 Å². The summed E-state index contributed by atoms with van der Waals surface area (Å²) in [5.74, 6) is 2.95. The van der Waals surface area contributed by atoms with Gasteiger partial charge < -0.3 is 29.2 Å². The van der Waals surface area contributed by atoms with Gasteiger partial charge in [-0.1, -0.05) is 0 Å². The van der Waals surface area contributed by atoms with Crippen LogP contribution in [0.15, 0.2) is 47.6 Å². The van der Waals surface area contributed by atoms with Crippen molar-refractivity contribution in [3.05, 3.63) is 48.2 Å². The predicted molar refractivity (Wildman–Crippen MR) is 138 cm³/mol.